The lowest BCUT2D eigenvalue weighted by molar-refractivity contribution is 0.188. The molecule has 0 amide bonds. The smallest absolute Gasteiger partial charge is 0.215 e. The lowest BCUT2D eigenvalue weighted by Gasteiger charge is -2.36. The first kappa shape index (κ1) is 19.5. The molecule has 2 atom stereocenters. The number of hydrogen-bond donors (Lipinski definition) is 1. The van der Waals surface area contributed by atoms with Crippen LogP contribution in [-0.4, -0.2) is 58.4 Å². The van der Waals surface area contributed by atoms with Crippen LogP contribution in [0.4, 0.5) is 0 Å². The second-order valence-corrected chi connectivity index (χ2v) is 8.05. The first-order valence-corrected chi connectivity index (χ1v) is 9.63. The predicted octanol–water partition coefficient (Wildman–Crippen LogP) is 1.43. The first-order valence-electron chi connectivity index (χ1n) is 8.02. The number of nitrogens with one attached hydrogen (secondary N) is 1. The van der Waals surface area contributed by atoms with Gasteiger partial charge in [-0.2, -0.15) is 4.31 Å². The van der Waals surface area contributed by atoms with Crippen LogP contribution in [0.1, 0.15) is 18.0 Å². The Bertz CT molecular complexity index is 635. The third-order valence-electron chi connectivity index (χ3n) is 4.52. The van der Waals surface area contributed by atoms with Gasteiger partial charge in [0.05, 0.1) is 25.5 Å². The topological polar surface area (TPSA) is 67.9 Å². The minimum absolute atomic E-state index is 0. The van der Waals surface area contributed by atoms with Crippen molar-refractivity contribution in [3.8, 4) is 5.75 Å². The normalized spacial score (nSPS) is 25.2. The molecule has 2 aliphatic rings. The van der Waals surface area contributed by atoms with E-state index in [2.05, 4.69) is 5.32 Å². The maximum absolute atomic E-state index is 12.9. The van der Waals surface area contributed by atoms with Gasteiger partial charge in [0.25, 0.3) is 0 Å². The molecule has 0 aromatic heterocycles. The fourth-order valence-corrected chi connectivity index (χ4v) is 5.33. The SMILES string of the molecule is COc1ccccc1C1CNCCN1S(=O)(=O)CC1CCOC1.Cl. The van der Waals surface area contributed by atoms with Crippen molar-refractivity contribution in [2.45, 2.75) is 12.5 Å². The summed E-state index contributed by atoms with van der Waals surface area (Å²) >= 11 is 0. The standard InChI is InChI=1S/C16H24N2O4S.ClH/c1-21-16-5-3-2-4-14(16)15-10-17-7-8-18(15)23(19,20)12-13-6-9-22-11-13;/h2-5,13,15,17H,6-12H2,1H3;1H. The molecule has 0 saturated carbocycles. The number of methoxy groups -OCH3 is 1. The monoisotopic (exact) mass is 376 g/mol. The molecule has 2 aliphatic heterocycles. The van der Waals surface area contributed by atoms with Crippen molar-refractivity contribution >= 4 is 22.4 Å². The van der Waals surface area contributed by atoms with E-state index < -0.39 is 10.0 Å². The summed E-state index contributed by atoms with van der Waals surface area (Å²) in [5.74, 6) is 0.998. The Morgan fingerprint density at radius 2 is 2.17 bits per heavy atom. The van der Waals surface area contributed by atoms with Crippen molar-refractivity contribution < 1.29 is 17.9 Å². The van der Waals surface area contributed by atoms with Gasteiger partial charge >= 0.3 is 0 Å². The fourth-order valence-electron chi connectivity index (χ4n) is 3.33. The molecular weight excluding hydrogens is 352 g/mol. The summed E-state index contributed by atoms with van der Waals surface area (Å²) in [5.41, 5.74) is 0.911. The molecule has 136 valence electrons. The molecule has 2 heterocycles. The number of hydrogen-bond acceptors (Lipinski definition) is 5. The van der Waals surface area contributed by atoms with Crippen molar-refractivity contribution in [1.82, 2.24) is 9.62 Å². The quantitative estimate of drug-likeness (QED) is 0.842. The third kappa shape index (κ3) is 4.21. The molecule has 6 nitrogen and oxygen atoms in total. The number of para-hydroxylation sites is 1. The highest BCUT2D eigenvalue weighted by Crippen LogP contribution is 2.32. The van der Waals surface area contributed by atoms with Crippen molar-refractivity contribution in [3.05, 3.63) is 29.8 Å². The summed E-state index contributed by atoms with van der Waals surface area (Å²) in [5, 5.41) is 3.29. The molecular formula is C16H25ClN2O4S. The maximum Gasteiger partial charge on any atom is 0.215 e. The molecule has 2 unspecified atom stereocenters. The van der Waals surface area contributed by atoms with Crippen molar-refractivity contribution in [2.24, 2.45) is 5.92 Å². The van der Waals surface area contributed by atoms with E-state index in [1.54, 1.807) is 11.4 Å². The van der Waals surface area contributed by atoms with Gasteiger partial charge in [-0.1, -0.05) is 18.2 Å². The summed E-state index contributed by atoms with van der Waals surface area (Å²) in [6.07, 6.45) is 0.824. The van der Waals surface area contributed by atoms with Crippen LogP contribution in [-0.2, 0) is 14.8 Å². The van der Waals surface area contributed by atoms with E-state index in [0.29, 0.717) is 32.8 Å². The molecule has 0 aliphatic carbocycles. The van der Waals surface area contributed by atoms with Crippen LogP contribution in [0.3, 0.4) is 0 Å². The Balaban J connectivity index is 0.00000208. The lowest BCUT2D eigenvalue weighted by atomic mass is 10.0. The van der Waals surface area contributed by atoms with Gasteiger partial charge in [-0.15, -0.1) is 12.4 Å². The molecule has 8 heteroatoms. The Morgan fingerprint density at radius 3 is 2.88 bits per heavy atom. The Labute approximate surface area is 150 Å². The summed E-state index contributed by atoms with van der Waals surface area (Å²) in [6.45, 7) is 2.97. The zero-order valence-electron chi connectivity index (χ0n) is 13.8. The van der Waals surface area contributed by atoms with Crippen LogP contribution in [0.15, 0.2) is 24.3 Å². The summed E-state index contributed by atoms with van der Waals surface area (Å²) in [6, 6.07) is 7.40. The number of benzene rings is 1. The van der Waals surface area contributed by atoms with Crippen LogP contribution in [0.5, 0.6) is 5.75 Å². The average molecular weight is 377 g/mol. The predicted molar refractivity (Wildman–Crippen MR) is 95.3 cm³/mol. The highest BCUT2D eigenvalue weighted by atomic mass is 35.5. The van der Waals surface area contributed by atoms with Crippen molar-refractivity contribution in [1.29, 1.82) is 0 Å². The number of halogens is 1. The number of rotatable bonds is 5. The number of piperazine rings is 1. The molecule has 2 saturated heterocycles. The van der Waals surface area contributed by atoms with E-state index in [9.17, 15) is 8.42 Å². The Hall–Kier alpha value is -0.860. The van der Waals surface area contributed by atoms with Crippen molar-refractivity contribution in [3.63, 3.8) is 0 Å². The third-order valence-corrected chi connectivity index (χ3v) is 6.56. The van der Waals surface area contributed by atoms with E-state index in [1.807, 2.05) is 24.3 Å². The molecule has 24 heavy (non-hydrogen) atoms. The van der Waals surface area contributed by atoms with Gasteiger partial charge in [0.2, 0.25) is 10.0 Å². The average Bonchev–Trinajstić information content (AvgIpc) is 3.07. The molecule has 3 rings (SSSR count). The minimum Gasteiger partial charge on any atom is -0.496 e. The Kier molecular flexibility index (Phi) is 6.88. The first-order chi connectivity index (χ1) is 11.1. The minimum atomic E-state index is -3.33. The van der Waals surface area contributed by atoms with E-state index in [-0.39, 0.29) is 30.1 Å². The fraction of sp³-hybridized carbons (Fsp3) is 0.625. The molecule has 2 fully saturated rings. The molecule has 0 radical (unpaired) electrons. The molecule has 1 aromatic rings. The zero-order chi connectivity index (χ0) is 16.3. The molecule has 1 N–H and O–H groups in total. The van der Waals surface area contributed by atoms with Gasteiger partial charge in [0.1, 0.15) is 5.75 Å². The zero-order valence-corrected chi connectivity index (χ0v) is 15.4. The van der Waals surface area contributed by atoms with Crippen LogP contribution < -0.4 is 10.1 Å². The number of nitrogens with zero attached hydrogens (tertiary/aromatic N) is 1. The number of ether oxygens (including phenoxy) is 2. The van der Waals surface area contributed by atoms with Gasteiger partial charge < -0.3 is 14.8 Å². The molecule has 1 aromatic carbocycles. The van der Waals surface area contributed by atoms with E-state index >= 15 is 0 Å². The highest BCUT2D eigenvalue weighted by molar-refractivity contribution is 7.89. The highest BCUT2D eigenvalue weighted by Gasteiger charge is 2.36. The van der Waals surface area contributed by atoms with Crippen LogP contribution in [0.25, 0.3) is 0 Å². The maximum atomic E-state index is 12.9. The second kappa shape index (κ2) is 8.49. The van der Waals surface area contributed by atoms with Gasteiger partial charge in [-0.3, -0.25) is 0 Å². The van der Waals surface area contributed by atoms with Crippen molar-refractivity contribution in [2.75, 3.05) is 45.7 Å². The van der Waals surface area contributed by atoms with Crippen LogP contribution >= 0.6 is 12.4 Å². The van der Waals surface area contributed by atoms with Crippen LogP contribution in [0, 0.1) is 5.92 Å². The molecule has 0 spiro atoms. The molecule has 0 bridgehead atoms. The van der Waals surface area contributed by atoms with Gasteiger partial charge in [0.15, 0.2) is 0 Å². The van der Waals surface area contributed by atoms with Gasteiger partial charge in [0, 0.05) is 31.8 Å². The Morgan fingerprint density at radius 1 is 1.38 bits per heavy atom. The van der Waals surface area contributed by atoms with Crippen LogP contribution in [0.2, 0.25) is 0 Å². The van der Waals surface area contributed by atoms with E-state index in [4.69, 9.17) is 9.47 Å². The lowest BCUT2D eigenvalue weighted by Crippen LogP contribution is -2.50. The second-order valence-electron chi connectivity index (χ2n) is 6.08. The van der Waals surface area contributed by atoms with Gasteiger partial charge in [-0.05, 0) is 18.4 Å². The summed E-state index contributed by atoms with van der Waals surface area (Å²) in [4.78, 5) is 0. The summed E-state index contributed by atoms with van der Waals surface area (Å²) in [7, 11) is -1.72. The number of sulfonamides is 1. The van der Waals surface area contributed by atoms with E-state index in [1.165, 1.54) is 0 Å². The van der Waals surface area contributed by atoms with Gasteiger partial charge in [-0.25, -0.2) is 8.42 Å². The summed E-state index contributed by atoms with van der Waals surface area (Å²) < 4.78 is 38.2. The largest absolute Gasteiger partial charge is 0.496 e. The van der Waals surface area contributed by atoms with E-state index in [0.717, 1.165) is 17.7 Å².